The van der Waals surface area contributed by atoms with E-state index in [2.05, 4.69) is 25.0 Å². The minimum atomic E-state index is -0.236. The molecule has 1 aliphatic heterocycles. The molecule has 1 N–H and O–H groups in total. The lowest BCUT2D eigenvalue weighted by Gasteiger charge is -2.28. The smallest absolute Gasteiger partial charge is 0.237 e. The van der Waals surface area contributed by atoms with Crippen molar-refractivity contribution in [3.8, 4) is 0 Å². The van der Waals surface area contributed by atoms with Gasteiger partial charge >= 0.3 is 0 Å². The monoisotopic (exact) mass is 385 g/mol. The zero-order valence-corrected chi connectivity index (χ0v) is 16.8. The van der Waals surface area contributed by atoms with Crippen LogP contribution in [0.3, 0.4) is 0 Å². The molecule has 1 aromatic carbocycles. The molecule has 4 rings (SSSR count). The molecular formula is C20H27N5OS. The summed E-state index contributed by atoms with van der Waals surface area (Å²) >= 11 is 1.51. The highest BCUT2D eigenvalue weighted by molar-refractivity contribution is 8.00. The lowest BCUT2D eigenvalue weighted by Crippen LogP contribution is -2.32. The van der Waals surface area contributed by atoms with Gasteiger partial charge in [-0.2, -0.15) is 0 Å². The predicted molar refractivity (Wildman–Crippen MR) is 109 cm³/mol. The van der Waals surface area contributed by atoms with Crippen LogP contribution in [-0.4, -0.2) is 39.0 Å². The van der Waals surface area contributed by atoms with Gasteiger partial charge in [0.1, 0.15) is 0 Å². The van der Waals surface area contributed by atoms with Crippen LogP contribution in [0.25, 0.3) is 0 Å². The molecule has 6 nitrogen and oxygen atoms in total. The van der Waals surface area contributed by atoms with E-state index in [0.717, 1.165) is 35.4 Å². The number of para-hydroxylation sites is 1. The van der Waals surface area contributed by atoms with Gasteiger partial charge in [0.25, 0.3) is 0 Å². The molecule has 0 unspecified atom stereocenters. The summed E-state index contributed by atoms with van der Waals surface area (Å²) in [4.78, 5) is 15.0. The van der Waals surface area contributed by atoms with Crippen LogP contribution in [0.15, 0.2) is 29.4 Å². The number of carbonyl (C=O) groups excluding carboxylic acids is 1. The topological polar surface area (TPSA) is 63.1 Å². The lowest BCUT2D eigenvalue weighted by atomic mass is 10.1. The van der Waals surface area contributed by atoms with Crippen LogP contribution in [0, 0.1) is 6.92 Å². The summed E-state index contributed by atoms with van der Waals surface area (Å²) in [5.74, 6) is 0.991. The van der Waals surface area contributed by atoms with Crippen molar-refractivity contribution in [3.63, 3.8) is 0 Å². The number of aryl methyl sites for hydroxylation is 1. The Balaban J connectivity index is 1.47. The summed E-state index contributed by atoms with van der Waals surface area (Å²) in [6.07, 6.45) is 6.09. The van der Waals surface area contributed by atoms with E-state index >= 15 is 0 Å². The minimum absolute atomic E-state index is 0.000769. The van der Waals surface area contributed by atoms with E-state index in [1.54, 1.807) is 0 Å². The summed E-state index contributed by atoms with van der Waals surface area (Å²) in [7, 11) is 0. The molecule has 2 aliphatic rings. The predicted octanol–water partition coefficient (Wildman–Crippen LogP) is 4.03. The van der Waals surface area contributed by atoms with Crippen molar-refractivity contribution in [1.29, 1.82) is 0 Å². The molecule has 1 atom stereocenters. The number of nitrogens with one attached hydrogen (secondary N) is 1. The van der Waals surface area contributed by atoms with Crippen molar-refractivity contribution < 1.29 is 4.79 Å². The first-order chi connectivity index (χ1) is 13.1. The largest absolute Gasteiger partial charge is 0.341 e. The third-order valence-electron chi connectivity index (χ3n) is 5.25. The number of aromatic nitrogens is 3. The highest BCUT2D eigenvalue weighted by Crippen LogP contribution is 2.42. The van der Waals surface area contributed by atoms with Gasteiger partial charge in [0.05, 0.1) is 5.25 Å². The number of anilines is 2. The van der Waals surface area contributed by atoms with Gasteiger partial charge in [0.2, 0.25) is 11.9 Å². The fourth-order valence-electron chi connectivity index (χ4n) is 3.47. The third-order valence-corrected chi connectivity index (χ3v) is 6.31. The number of rotatable bonds is 6. The Kier molecular flexibility index (Phi) is 5.38. The Morgan fingerprint density at radius 3 is 2.63 bits per heavy atom. The second kappa shape index (κ2) is 7.92. The van der Waals surface area contributed by atoms with Gasteiger partial charge in [-0.1, -0.05) is 30.0 Å². The Labute approximate surface area is 164 Å². The fraction of sp³-hybridized carbons (Fsp3) is 0.550. The zero-order valence-electron chi connectivity index (χ0n) is 16.0. The van der Waals surface area contributed by atoms with Gasteiger partial charge < -0.3 is 10.2 Å². The molecular weight excluding hydrogens is 358 g/mol. The molecule has 1 aromatic heterocycles. The second-order valence-corrected chi connectivity index (χ2v) is 8.80. The summed E-state index contributed by atoms with van der Waals surface area (Å²) < 4.78 is 2.27. The van der Waals surface area contributed by atoms with Crippen LogP contribution < -0.4 is 10.2 Å². The molecule has 144 valence electrons. The molecule has 1 aliphatic carbocycles. The molecule has 2 aromatic rings. The minimum Gasteiger partial charge on any atom is -0.341 e. The third kappa shape index (κ3) is 4.13. The van der Waals surface area contributed by atoms with Crippen molar-refractivity contribution in [2.75, 3.05) is 23.3 Å². The number of piperidine rings is 1. The van der Waals surface area contributed by atoms with Gasteiger partial charge in [-0.05, 0) is 57.6 Å². The van der Waals surface area contributed by atoms with Crippen molar-refractivity contribution in [1.82, 2.24) is 14.8 Å². The second-order valence-electron chi connectivity index (χ2n) is 7.50. The number of nitrogens with zero attached hydrogens (tertiary/aromatic N) is 4. The average molecular weight is 386 g/mol. The standard InChI is InChI=1S/C20H27N5OS/c1-14-8-4-5-9-17(14)21-18(26)15(2)27-20-23-22-19(25(20)16-10-11-16)24-12-6-3-7-13-24/h4-5,8-9,15-16H,3,6-7,10-13H2,1-2H3,(H,21,26)/t15-/m1/s1. The van der Waals surface area contributed by atoms with E-state index in [4.69, 9.17) is 0 Å². The molecule has 2 fully saturated rings. The van der Waals surface area contributed by atoms with Crippen LogP contribution in [0.5, 0.6) is 0 Å². The van der Waals surface area contributed by atoms with Crippen LogP contribution in [-0.2, 0) is 4.79 Å². The van der Waals surface area contributed by atoms with Crippen LogP contribution >= 0.6 is 11.8 Å². The van der Waals surface area contributed by atoms with Gasteiger partial charge in [-0.3, -0.25) is 9.36 Å². The lowest BCUT2D eigenvalue weighted by molar-refractivity contribution is -0.115. The fourth-order valence-corrected chi connectivity index (χ4v) is 4.39. The van der Waals surface area contributed by atoms with E-state index in [1.807, 2.05) is 38.1 Å². The van der Waals surface area contributed by atoms with E-state index in [1.165, 1.54) is 43.9 Å². The average Bonchev–Trinajstić information content (AvgIpc) is 3.44. The molecule has 0 spiro atoms. The van der Waals surface area contributed by atoms with Crippen molar-refractivity contribution >= 4 is 29.3 Å². The quantitative estimate of drug-likeness (QED) is 0.761. The van der Waals surface area contributed by atoms with Gasteiger partial charge in [-0.25, -0.2) is 0 Å². The number of thioether (sulfide) groups is 1. The maximum Gasteiger partial charge on any atom is 0.237 e. The summed E-state index contributed by atoms with van der Waals surface area (Å²) in [6.45, 7) is 6.05. The Morgan fingerprint density at radius 1 is 1.19 bits per heavy atom. The number of amides is 1. The van der Waals surface area contributed by atoms with Crippen molar-refractivity contribution in [2.45, 2.75) is 62.4 Å². The van der Waals surface area contributed by atoms with Crippen molar-refractivity contribution in [3.05, 3.63) is 29.8 Å². The Hall–Kier alpha value is -2.02. The van der Waals surface area contributed by atoms with Crippen molar-refractivity contribution in [2.24, 2.45) is 0 Å². The first-order valence-corrected chi connectivity index (χ1v) is 10.7. The maximum absolute atomic E-state index is 12.7. The molecule has 0 radical (unpaired) electrons. The van der Waals surface area contributed by atoms with E-state index in [9.17, 15) is 4.79 Å². The summed E-state index contributed by atoms with van der Waals surface area (Å²) in [6, 6.07) is 8.35. The molecule has 0 bridgehead atoms. The molecule has 1 saturated heterocycles. The van der Waals surface area contributed by atoms with Crippen LogP contribution in [0.1, 0.15) is 50.6 Å². The number of hydrogen-bond donors (Lipinski definition) is 1. The normalized spacial score (nSPS) is 18.4. The summed E-state index contributed by atoms with van der Waals surface area (Å²) in [5, 5.41) is 12.6. The number of carbonyl (C=O) groups is 1. The zero-order chi connectivity index (χ0) is 18.8. The maximum atomic E-state index is 12.7. The van der Waals surface area contributed by atoms with E-state index in [0.29, 0.717) is 6.04 Å². The van der Waals surface area contributed by atoms with E-state index < -0.39 is 0 Å². The Bertz CT molecular complexity index is 810. The summed E-state index contributed by atoms with van der Waals surface area (Å²) in [5.41, 5.74) is 1.93. The molecule has 27 heavy (non-hydrogen) atoms. The molecule has 1 saturated carbocycles. The first-order valence-electron chi connectivity index (χ1n) is 9.86. The number of benzene rings is 1. The number of hydrogen-bond acceptors (Lipinski definition) is 5. The SMILES string of the molecule is Cc1ccccc1NC(=O)[C@@H](C)Sc1nnc(N2CCCCC2)n1C1CC1. The van der Waals surface area contributed by atoms with Gasteiger partial charge in [0, 0.05) is 24.8 Å². The highest BCUT2D eigenvalue weighted by Gasteiger charge is 2.33. The highest BCUT2D eigenvalue weighted by atomic mass is 32.2. The van der Waals surface area contributed by atoms with E-state index in [-0.39, 0.29) is 11.2 Å². The van der Waals surface area contributed by atoms with Crippen LogP contribution in [0.2, 0.25) is 0 Å². The van der Waals surface area contributed by atoms with Gasteiger partial charge in [-0.15, -0.1) is 10.2 Å². The van der Waals surface area contributed by atoms with Crippen LogP contribution in [0.4, 0.5) is 11.6 Å². The Morgan fingerprint density at radius 2 is 1.93 bits per heavy atom. The van der Waals surface area contributed by atoms with Gasteiger partial charge in [0.15, 0.2) is 5.16 Å². The first kappa shape index (κ1) is 18.3. The molecule has 1 amide bonds. The molecule has 7 heteroatoms. The molecule has 2 heterocycles.